The number of alkyl halides is 3. The van der Waals surface area contributed by atoms with Gasteiger partial charge in [-0.1, -0.05) is 30.3 Å². The number of halogens is 3. The molecule has 1 saturated carbocycles. The van der Waals surface area contributed by atoms with E-state index in [4.69, 9.17) is 9.97 Å². The molecule has 4 aromatic rings. The highest BCUT2D eigenvalue weighted by atomic mass is 19.4. The van der Waals surface area contributed by atoms with Gasteiger partial charge in [0.1, 0.15) is 5.82 Å². The van der Waals surface area contributed by atoms with Gasteiger partial charge >= 0.3 is 6.18 Å². The minimum absolute atomic E-state index is 0.511. The number of aromatic nitrogens is 4. The van der Waals surface area contributed by atoms with Gasteiger partial charge in [0.05, 0.1) is 11.1 Å². The number of para-hydroxylation sites is 1. The molecule has 2 N–H and O–H groups in total. The van der Waals surface area contributed by atoms with Gasteiger partial charge in [0, 0.05) is 36.2 Å². The summed E-state index contributed by atoms with van der Waals surface area (Å²) in [6, 6.07) is 15.3. The second kappa shape index (κ2) is 8.41. The zero-order valence-electron chi connectivity index (χ0n) is 18.8. The maximum absolute atomic E-state index is 13.1. The summed E-state index contributed by atoms with van der Waals surface area (Å²) in [6.07, 6.45) is 0.582. The molecule has 2 aliphatic rings. The zero-order valence-corrected chi connectivity index (χ0v) is 18.8. The number of benzene rings is 2. The Labute approximate surface area is 199 Å². The molecule has 0 unspecified atom stereocenters. The van der Waals surface area contributed by atoms with Crippen molar-refractivity contribution < 1.29 is 13.2 Å². The monoisotopic (exact) mass is 476 g/mol. The molecule has 6 rings (SSSR count). The van der Waals surface area contributed by atoms with E-state index in [2.05, 4.69) is 15.5 Å². The summed E-state index contributed by atoms with van der Waals surface area (Å²) in [7, 11) is 0. The van der Waals surface area contributed by atoms with Crippen LogP contribution in [-0.4, -0.2) is 33.3 Å². The van der Waals surface area contributed by atoms with Gasteiger partial charge < -0.3 is 10.2 Å². The van der Waals surface area contributed by atoms with Crippen molar-refractivity contribution in [3.63, 3.8) is 0 Å². The van der Waals surface area contributed by atoms with Gasteiger partial charge in [0.25, 0.3) is 0 Å². The highest BCUT2D eigenvalue weighted by Gasteiger charge is 2.31. The Morgan fingerprint density at radius 1 is 1.00 bits per heavy atom. The van der Waals surface area contributed by atoms with Crippen molar-refractivity contribution in [2.75, 3.05) is 23.3 Å². The van der Waals surface area contributed by atoms with E-state index < -0.39 is 11.7 Å². The zero-order chi connectivity index (χ0) is 24.0. The van der Waals surface area contributed by atoms with Crippen molar-refractivity contribution in [1.29, 1.82) is 0 Å². The molecule has 1 aliphatic carbocycles. The molecule has 0 radical (unpaired) electrons. The molecule has 178 valence electrons. The molecule has 0 atom stereocenters. The Morgan fingerprint density at radius 2 is 1.86 bits per heavy atom. The topological polar surface area (TPSA) is 69.7 Å². The number of nitrogens with zero attached hydrogens (tertiary/aromatic N) is 4. The average Bonchev–Trinajstić information content (AvgIpc) is 3.62. The van der Waals surface area contributed by atoms with Crippen LogP contribution in [-0.2, 0) is 6.18 Å². The van der Waals surface area contributed by atoms with Crippen LogP contribution in [0.5, 0.6) is 0 Å². The summed E-state index contributed by atoms with van der Waals surface area (Å²) < 4.78 is 39.4. The molecule has 1 fully saturated rings. The lowest BCUT2D eigenvalue weighted by Gasteiger charge is -2.27. The lowest BCUT2D eigenvalue weighted by atomic mass is 9.98. The molecule has 2 aromatic carbocycles. The first-order chi connectivity index (χ1) is 16.9. The molecule has 3 heterocycles. The molecule has 9 heteroatoms. The molecule has 0 spiro atoms. The third kappa shape index (κ3) is 4.45. The smallest absolute Gasteiger partial charge is 0.337 e. The van der Waals surface area contributed by atoms with Crippen LogP contribution in [0.2, 0.25) is 0 Å². The summed E-state index contributed by atoms with van der Waals surface area (Å²) in [6.45, 7) is 1.12. The number of fused-ring (bicyclic) bond motifs is 1. The Bertz CT molecular complexity index is 1420. The maximum atomic E-state index is 13.1. The van der Waals surface area contributed by atoms with Crippen molar-refractivity contribution in [2.45, 2.75) is 31.4 Å². The van der Waals surface area contributed by atoms with Crippen LogP contribution >= 0.6 is 0 Å². The van der Waals surface area contributed by atoms with Crippen molar-refractivity contribution in [3.8, 4) is 0 Å². The predicted octanol–water partition coefficient (Wildman–Crippen LogP) is 6.29. The van der Waals surface area contributed by atoms with Crippen LogP contribution in [0, 0.1) is 0 Å². The molecular formula is C26H23F3N6. The molecule has 1 aliphatic heterocycles. The summed E-state index contributed by atoms with van der Waals surface area (Å²) in [5.41, 5.74) is 2.82. The van der Waals surface area contributed by atoms with Crippen LogP contribution in [0.4, 0.5) is 30.8 Å². The van der Waals surface area contributed by atoms with Gasteiger partial charge in [0.15, 0.2) is 5.82 Å². The van der Waals surface area contributed by atoms with Gasteiger partial charge in [-0.25, -0.2) is 4.98 Å². The number of anilines is 3. The van der Waals surface area contributed by atoms with E-state index in [1.54, 1.807) is 6.07 Å². The van der Waals surface area contributed by atoms with Crippen molar-refractivity contribution in [2.24, 2.45) is 0 Å². The van der Waals surface area contributed by atoms with Crippen LogP contribution in [0.1, 0.15) is 42.0 Å². The average molecular weight is 477 g/mol. The number of rotatable bonds is 5. The molecule has 2 aromatic heterocycles. The molecule has 6 nitrogen and oxygen atoms in total. The van der Waals surface area contributed by atoms with Gasteiger partial charge in [-0.2, -0.15) is 23.3 Å². The Hall–Kier alpha value is -3.88. The molecular weight excluding hydrogens is 453 g/mol. The summed E-state index contributed by atoms with van der Waals surface area (Å²) in [4.78, 5) is 11.6. The molecule has 0 bridgehead atoms. The summed E-state index contributed by atoms with van der Waals surface area (Å²) >= 11 is 0. The second-order valence-electron chi connectivity index (χ2n) is 9.00. The minimum atomic E-state index is -4.35. The van der Waals surface area contributed by atoms with Crippen molar-refractivity contribution in [3.05, 3.63) is 77.5 Å². The lowest BCUT2D eigenvalue weighted by Crippen LogP contribution is -2.30. The Balaban J connectivity index is 1.27. The molecule has 35 heavy (non-hydrogen) atoms. The molecule has 0 saturated heterocycles. The van der Waals surface area contributed by atoms with Gasteiger partial charge in [-0.15, -0.1) is 0 Å². The van der Waals surface area contributed by atoms with E-state index in [1.807, 2.05) is 41.3 Å². The van der Waals surface area contributed by atoms with Crippen molar-refractivity contribution >= 4 is 34.1 Å². The maximum Gasteiger partial charge on any atom is 0.416 e. The van der Waals surface area contributed by atoms with E-state index in [0.29, 0.717) is 48.6 Å². The van der Waals surface area contributed by atoms with E-state index in [-0.39, 0.29) is 0 Å². The number of aromatic amines is 1. The minimum Gasteiger partial charge on any atom is -0.337 e. The third-order valence-corrected chi connectivity index (χ3v) is 6.51. The first-order valence-electron chi connectivity index (χ1n) is 11.6. The first-order valence-corrected chi connectivity index (χ1v) is 11.6. The number of hydrogen-bond donors (Lipinski definition) is 2. The van der Waals surface area contributed by atoms with E-state index >= 15 is 0 Å². The van der Waals surface area contributed by atoms with Crippen LogP contribution in [0.15, 0.2) is 60.7 Å². The van der Waals surface area contributed by atoms with Crippen LogP contribution in [0.25, 0.3) is 16.5 Å². The fourth-order valence-corrected chi connectivity index (χ4v) is 4.43. The number of hydrogen-bond acceptors (Lipinski definition) is 5. The fraction of sp³-hybridized carbons (Fsp3) is 0.269. The predicted molar refractivity (Wildman–Crippen MR) is 130 cm³/mol. The number of nitrogens with one attached hydrogen (secondary N) is 2. The van der Waals surface area contributed by atoms with Crippen molar-refractivity contribution in [1.82, 2.24) is 20.2 Å². The van der Waals surface area contributed by atoms with Crippen LogP contribution in [0.3, 0.4) is 0 Å². The largest absolute Gasteiger partial charge is 0.416 e. The van der Waals surface area contributed by atoms with E-state index in [1.165, 1.54) is 25.0 Å². The van der Waals surface area contributed by atoms with Gasteiger partial charge in [0.2, 0.25) is 5.95 Å². The molecule has 0 amide bonds. The van der Waals surface area contributed by atoms with E-state index in [9.17, 15) is 13.2 Å². The quantitative estimate of drug-likeness (QED) is 0.354. The van der Waals surface area contributed by atoms with Crippen LogP contribution < -0.4 is 10.2 Å². The fourth-order valence-electron chi connectivity index (χ4n) is 4.43. The highest BCUT2D eigenvalue weighted by molar-refractivity contribution is 5.91. The SMILES string of the molecule is FC(F)(F)c1cccc(C2=CCN(c3nc(Nc4cc(C5CC5)[nH]n4)c4ccccc4n3)CC2)c1. The highest BCUT2D eigenvalue weighted by Crippen LogP contribution is 2.40. The lowest BCUT2D eigenvalue weighted by molar-refractivity contribution is -0.137. The normalized spacial score (nSPS) is 16.4. The Kier molecular flexibility index (Phi) is 5.20. The summed E-state index contributed by atoms with van der Waals surface area (Å²) in [5.74, 6) is 2.53. The standard InChI is InChI=1S/C26H23F3N6/c27-26(28,29)19-5-3-4-18(14-19)16-10-12-35(13-11-16)25-30-21-7-2-1-6-20(21)24(32-25)31-23-15-22(33-34-23)17-8-9-17/h1-7,10,14-15,17H,8-9,11-13H2,(H2,30,31,32,33,34). The van der Waals surface area contributed by atoms with Gasteiger partial charge in [-0.3, -0.25) is 5.10 Å². The van der Waals surface area contributed by atoms with E-state index in [0.717, 1.165) is 28.2 Å². The number of H-pyrrole nitrogens is 1. The summed E-state index contributed by atoms with van der Waals surface area (Å²) in [5, 5.41) is 11.7. The third-order valence-electron chi connectivity index (χ3n) is 6.51. The van der Waals surface area contributed by atoms with Gasteiger partial charge in [-0.05, 0) is 54.7 Å². The first kappa shape index (κ1) is 21.6. The second-order valence-corrected chi connectivity index (χ2v) is 9.00. The Morgan fingerprint density at radius 3 is 2.63 bits per heavy atom.